The minimum absolute atomic E-state index is 0.401. The Bertz CT molecular complexity index is 561. The average molecular weight is 269 g/mol. The second kappa shape index (κ2) is 6.07. The third-order valence-electron chi connectivity index (χ3n) is 2.94. The lowest BCUT2D eigenvalue weighted by Crippen LogP contribution is -2.22. The molecule has 0 aliphatic carbocycles. The molecule has 1 aromatic heterocycles. The summed E-state index contributed by atoms with van der Waals surface area (Å²) in [5, 5.41) is 0. The van der Waals surface area contributed by atoms with Crippen molar-refractivity contribution in [3.05, 3.63) is 34.3 Å². The molecule has 1 N–H and O–H groups in total. The molecule has 0 saturated carbocycles. The van der Waals surface area contributed by atoms with Crippen LogP contribution in [0.1, 0.15) is 12.0 Å². The summed E-state index contributed by atoms with van der Waals surface area (Å²) >= 11 is 5.66. The average Bonchev–Trinajstić information content (AvgIpc) is 2.73. The SMILES string of the molecule is CN(CCCCl)CCc1ccc2oc(=O)[nH]c2c1. The van der Waals surface area contributed by atoms with Crippen molar-refractivity contribution in [2.75, 3.05) is 26.0 Å². The number of hydrogen-bond donors (Lipinski definition) is 1. The van der Waals surface area contributed by atoms with Gasteiger partial charge >= 0.3 is 5.76 Å². The van der Waals surface area contributed by atoms with Crippen molar-refractivity contribution in [1.82, 2.24) is 9.88 Å². The zero-order valence-corrected chi connectivity index (χ0v) is 11.2. The van der Waals surface area contributed by atoms with Gasteiger partial charge in [0.15, 0.2) is 5.58 Å². The summed E-state index contributed by atoms with van der Waals surface area (Å²) in [7, 11) is 2.09. The minimum atomic E-state index is -0.401. The van der Waals surface area contributed by atoms with Crippen LogP contribution in [0.5, 0.6) is 0 Å². The number of likely N-dealkylation sites (N-methyl/N-ethyl adjacent to an activating group) is 1. The van der Waals surface area contributed by atoms with Gasteiger partial charge < -0.3 is 9.32 Å². The molecule has 0 amide bonds. The van der Waals surface area contributed by atoms with E-state index >= 15 is 0 Å². The van der Waals surface area contributed by atoms with E-state index in [-0.39, 0.29) is 0 Å². The number of H-pyrrole nitrogens is 1. The first kappa shape index (κ1) is 13.2. The molecule has 98 valence electrons. The molecule has 0 spiro atoms. The van der Waals surface area contributed by atoms with Crippen LogP contribution in [-0.4, -0.2) is 35.9 Å². The highest BCUT2D eigenvalue weighted by molar-refractivity contribution is 6.17. The number of benzene rings is 1. The zero-order chi connectivity index (χ0) is 13.0. The molecule has 0 bridgehead atoms. The largest absolute Gasteiger partial charge is 0.417 e. The number of hydrogen-bond acceptors (Lipinski definition) is 3. The van der Waals surface area contributed by atoms with E-state index in [4.69, 9.17) is 16.0 Å². The lowest BCUT2D eigenvalue weighted by Gasteiger charge is -2.15. The number of alkyl halides is 1. The van der Waals surface area contributed by atoms with Gasteiger partial charge in [-0.15, -0.1) is 11.6 Å². The van der Waals surface area contributed by atoms with Gasteiger partial charge in [-0.2, -0.15) is 0 Å². The zero-order valence-electron chi connectivity index (χ0n) is 10.4. The van der Waals surface area contributed by atoms with Gasteiger partial charge in [0, 0.05) is 12.4 Å². The summed E-state index contributed by atoms with van der Waals surface area (Å²) in [5.74, 6) is 0.299. The molecule has 1 aromatic carbocycles. The van der Waals surface area contributed by atoms with Crippen molar-refractivity contribution >= 4 is 22.7 Å². The van der Waals surface area contributed by atoms with Crippen LogP contribution in [0.2, 0.25) is 0 Å². The van der Waals surface area contributed by atoms with Crippen molar-refractivity contribution < 1.29 is 4.42 Å². The normalized spacial score (nSPS) is 11.5. The third kappa shape index (κ3) is 3.37. The van der Waals surface area contributed by atoms with Crippen LogP contribution in [0.4, 0.5) is 0 Å². The summed E-state index contributed by atoms with van der Waals surface area (Å²) in [6.07, 6.45) is 1.95. The maximum Gasteiger partial charge on any atom is 0.417 e. The van der Waals surface area contributed by atoms with Crippen LogP contribution in [0.15, 0.2) is 27.4 Å². The van der Waals surface area contributed by atoms with Crippen molar-refractivity contribution in [1.29, 1.82) is 0 Å². The van der Waals surface area contributed by atoms with Gasteiger partial charge in [0.1, 0.15) is 0 Å². The Kier molecular flexibility index (Phi) is 4.44. The maximum atomic E-state index is 11.0. The van der Waals surface area contributed by atoms with Gasteiger partial charge in [0.25, 0.3) is 0 Å². The highest BCUT2D eigenvalue weighted by Gasteiger charge is 2.03. The Morgan fingerprint density at radius 1 is 1.39 bits per heavy atom. The van der Waals surface area contributed by atoms with E-state index in [1.54, 1.807) is 0 Å². The Labute approximate surface area is 111 Å². The molecule has 2 rings (SSSR count). The Morgan fingerprint density at radius 2 is 2.22 bits per heavy atom. The van der Waals surface area contributed by atoms with Gasteiger partial charge in [0.2, 0.25) is 0 Å². The number of nitrogens with zero attached hydrogens (tertiary/aromatic N) is 1. The third-order valence-corrected chi connectivity index (χ3v) is 3.21. The van der Waals surface area contributed by atoms with E-state index in [2.05, 4.69) is 16.9 Å². The van der Waals surface area contributed by atoms with E-state index < -0.39 is 5.76 Å². The monoisotopic (exact) mass is 268 g/mol. The van der Waals surface area contributed by atoms with E-state index in [0.717, 1.165) is 31.4 Å². The maximum absolute atomic E-state index is 11.0. The first-order chi connectivity index (χ1) is 8.69. The van der Waals surface area contributed by atoms with E-state index in [1.807, 2.05) is 18.2 Å². The minimum Gasteiger partial charge on any atom is -0.408 e. The molecule has 2 aromatic rings. The summed E-state index contributed by atoms with van der Waals surface area (Å²) in [6.45, 7) is 1.98. The molecule has 0 atom stereocenters. The van der Waals surface area contributed by atoms with Gasteiger partial charge in [-0.25, -0.2) is 4.79 Å². The second-order valence-corrected chi connectivity index (χ2v) is 4.82. The topological polar surface area (TPSA) is 49.2 Å². The highest BCUT2D eigenvalue weighted by Crippen LogP contribution is 2.12. The van der Waals surface area contributed by atoms with Gasteiger partial charge in [-0.1, -0.05) is 6.07 Å². The molecule has 0 aliphatic rings. The molecular weight excluding hydrogens is 252 g/mol. The molecule has 1 heterocycles. The standard InChI is InChI=1S/C13H17ClN2O2/c1-16(7-2-6-14)8-5-10-3-4-12-11(9-10)15-13(17)18-12/h3-4,9H,2,5-8H2,1H3,(H,15,17). The summed E-state index contributed by atoms with van der Waals surface area (Å²) in [6, 6.07) is 5.80. The predicted molar refractivity (Wildman–Crippen MR) is 73.4 cm³/mol. The van der Waals surface area contributed by atoms with Gasteiger partial charge in [0.05, 0.1) is 5.52 Å². The number of fused-ring (bicyclic) bond motifs is 1. The first-order valence-corrected chi connectivity index (χ1v) is 6.59. The molecule has 0 saturated heterocycles. The lowest BCUT2D eigenvalue weighted by atomic mass is 10.1. The molecule has 18 heavy (non-hydrogen) atoms. The number of nitrogens with one attached hydrogen (secondary N) is 1. The number of halogens is 1. The quantitative estimate of drug-likeness (QED) is 0.818. The molecule has 0 radical (unpaired) electrons. The number of rotatable bonds is 6. The van der Waals surface area contributed by atoms with Crippen molar-refractivity contribution in [2.24, 2.45) is 0 Å². The fourth-order valence-corrected chi connectivity index (χ4v) is 2.04. The van der Waals surface area contributed by atoms with Crippen molar-refractivity contribution in [3.8, 4) is 0 Å². The Morgan fingerprint density at radius 3 is 3.00 bits per heavy atom. The summed E-state index contributed by atoms with van der Waals surface area (Å²) in [4.78, 5) is 16.0. The molecule has 0 unspecified atom stereocenters. The smallest absolute Gasteiger partial charge is 0.408 e. The fraction of sp³-hybridized carbons (Fsp3) is 0.462. The van der Waals surface area contributed by atoms with Crippen LogP contribution in [0.25, 0.3) is 11.1 Å². The van der Waals surface area contributed by atoms with Crippen LogP contribution >= 0.6 is 11.6 Å². The number of oxazole rings is 1. The summed E-state index contributed by atoms with van der Waals surface area (Å²) in [5.41, 5.74) is 2.57. The van der Waals surface area contributed by atoms with Crippen LogP contribution < -0.4 is 5.76 Å². The van der Waals surface area contributed by atoms with E-state index in [1.165, 1.54) is 5.56 Å². The highest BCUT2D eigenvalue weighted by atomic mass is 35.5. The number of aromatic amines is 1. The van der Waals surface area contributed by atoms with Gasteiger partial charge in [-0.3, -0.25) is 4.98 Å². The second-order valence-electron chi connectivity index (χ2n) is 4.44. The summed E-state index contributed by atoms with van der Waals surface area (Å²) < 4.78 is 4.97. The van der Waals surface area contributed by atoms with E-state index in [9.17, 15) is 4.79 Å². The number of aromatic nitrogens is 1. The fourth-order valence-electron chi connectivity index (χ4n) is 1.92. The van der Waals surface area contributed by atoms with Crippen molar-refractivity contribution in [3.63, 3.8) is 0 Å². The Balaban J connectivity index is 1.97. The van der Waals surface area contributed by atoms with Crippen LogP contribution in [-0.2, 0) is 6.42 Å². The lowest BCUT2D eigenvalue weighted by molar-refractivity contribution is 0.340. The molecule has 0 fully saturated rings. The van der Waals surface area contributed by atoms with Gasteiger partial charge in [-0.05, 0) is 44.1 Å². The molecule has 5 heteroatoms. The Hall–Kier alpha value is -1.26. The van der Waals surface area contributed by atoms with E-state index in [0.29, 0.717) is 11.5 Å². The molecule has 0 aliphatic heterocycles. The molecule has 4 nitrogen and oxygen atoms in total. The predicted octanol–water partition coefficient (Wildman–Crippen LogP) is 2.22. The van der Waals surface area contributed by atoms with Crippen molar-refractivity contribution in [2.45, 2.75) is 12.8 Å². The van der Waals surface area contributed by atoms with Crippen LogP contribution in [0.3, 0.4) is 0 Å². The van der Waals surface area contributed by atoms with Crippen LogP contribution in [0, 0.1) is 0 Å². The molecular formula is C13H17ClN2O2. The first-order valence-electron chi connectivity index (χ1n) is 6.05.